The summed E-state index contributed by atoms with van der Waals surface area (Å²) < 4.78 is 5.99. The van der Waals surface area contributed by atoms with Crippen LogP contribution in [0.15, 0.2) is 18.3 Å². The Morgan fingerprint density at radius 3 is 2.78 bits per heavy atom. The molecule has 2 rings (SSSR count). The molecule has 1 aromatic rings. The van der Waals surface area contributed by atoms with Crippen molar-refractivity contribution in [2.24, 2.45) is 0 Å². The van der Waals surface area contributed by atoms with E-state index in [4.69, 9.17) is 4.74 Å². The Kier molecular flexibility index (Phi) is 4.23. The van der Waals surface area contributed by atoms with E-state index >= 15 is 0 Å². The lowest BCUT2D eigenvalue weighted by Crippen LogP contribution is -2.43. The first-order chi connectivity index (χ1) is 8.67. The van der Waals surface area contributed by atoms with Gasteiger partial charge in [-0.2, -0.15) is 0 Å². The van der Waals surface area contributed by atoms with Crippen molar-refractivity contribution in [3.05, 3.63) is 23.9 Å². The number of aryl methyl sites for hydroxylation is 1. The largest absolute Gasteiger partial charge is 0.375 e. The molecule has 1 N–H and O–H groups in total. The Labute approximate surface area is 110 Å². The van der Waals surface area contributed by atoms with Crippen LogP contribution in [0.4, 0.5) is 5.82 Å². The lowest BCUT2D eigenvalue weighted by molar-refractivity contribution is -0.0864. The van der Waals surface area contributed by atoms with E-state index in [1.165, 1.54) is 5.56 Å². The summed E-state index contributed by atoms with van der Waals surface area (Å²) in [5.74, 6) is 0.980. The molecular weight excluding hydrogens is 224 g/mol. The predicted octanol–water partition coefficient (Wildman–Crippen LogP) is 3.54. The summed E-state index contributed by atoms with van der Waals surface area (Å²) in [6, 6.07) is 4.64. The minimum atomic E-state index is 0.0701. The monoisotopic (exact) mass is 248 g/mol. The van der Waals surface area contributed by atoms with Gasteiger partial charge in [-0.15, -0.1) is 0 Å². The van der Waals surface area contributed by atoms with Crippen LogP contribution in [-0.4, -0.2) is 23.2 Å². The zero-order valence-electron chi connectivity index (χ0n) is 11.7. The van der Waals surface area contributed by atoms with Crippen LogP contribution >= 0.6 is 0 Å². The third-order valence-corrected chi connectivity index (χ3v) is 4.05. The van der Waals surface area contributed by atoms with Crippen LogP contribution < -0.4 is 5.32 Å². The summed E-state index contributed by atoms with van der Waals surface area (Å²) in [6.45, 7) is 7.35. The Balaban J connectivity index is 1.99. The van der Waals surface area contributed by atoms with Crippen LogP contribution in [0, 0.1) is 6.92 Å². The van der Waals surface area contributed by atoms with Crippen molar-refractivity contribution in [2.75, 3.05) is 11.9 Å². The Morgan fingerprint density at radius 1 is 1.39 bits per heavy atom. The highest BCUT2D eigenvalue weighted by Crippen LogP contribution is 2.32. The minimum absolute atomic E-state index is 0.0701. The molecular formula is C15H24N2O. The highest BCUT2D eigenvalue weighted by molar-refractivity contribution is 5.36. The predicted molar refractivity (Wildman–Crippen MR) is 74.9 cm³/mol. The number of nitrogens with zero attached hydrogens (tertiary/aromatic N) is 1. The van der Waals surface area contributed by atoms with Crippen LogP contribution in [0.1, 0.15) is 45.1 Å². The van der Waals surface area contributed by atoms with Crippen molar-refractivity contribution < 1.29 is 4.74 Å². The van der Waals surface area contributed by atoms with Gasteiger partial charge >= 0.3 is 0 Å². The van der Waals surface area contributed by atoms with Crippen LogP contribution in [0.25, 0.3) is 0 Å². The quantitative estimate of drug-likeness (QED) is 0.885. The maximum absolute atomic E-state index is 5.99. The topological polar surface area (TPSA) is 34.2 Å². The second kappa shape index (κ2) is 5.70. The highest BCUT2D eigenvalue weighted by atomic mass is 16.5. The molecule has 0 radical (unpaired) electrons. The van der Waals surface area contributed by atoms with Crippen molar-refractivity contribution in [1.29, 1.82) is 0 Å². The molecule has 1 saturated heterocycles. The fourth-order valence-corrected chi connectivity index (χ4v) is 2.66. The summed E-state index contributed by atoms with van der Waals surface area (Å²) >= 11 is 0. The fourth-order valence-electron chi connectivity index (χ4n) is 2.66. The summed E-state index contributed by atoms with van der Waals surface area (Å²) in [7, 11) is 0. The van der Waals surface area contributed by atoms with Crippen molar-refractivity contribution >= 4 is 5.82 Å². The number of hydrogen-bond acceptors (Lipinski definition) is 3. The van der Waals surface area contributed by atoms with E-state index in [2.05, 4.69) is 43.2 Å². The van der Waals surface area contributed by atoms with Crippen LogP contribution in [0.5, 0.6) is 0 Å². The van der Waals surface area contributed by atoms with Crippen LogP contribution in [-0.2, 0) is 4.74 Å². The number of aromatic nitrogens is 1. The number of nitrogens with one attached hydrogen (secondary N) is 1. The van der Waals surface area contributed by atoms with Crippen LogP contribution in [0.2, 0.25) is 0 Å². The molecule has 1 aliphatic rings. The molecule has 1 fully saturated rings. The number of ether oxygens (including phenoxy) is 1. The van der Waals surface area contributed by atoms with Crippen molar-refractivity contribution in [3.8, 4) is 0 Å². The van der Waals surface area contributed by atoms with Gasteiger partial charge in [-0.3, -0.25) is 0 Å². The standard InChI is InChI=1S/C15H24N2O/c1-4-15(5-2)10-13(8-9-18-15)17-14-7-6-12(3)11-16-14/h6-7,11,13H,4-5,8-10H2,1-3H3,(H,16,17). The maximum atomic E-state index is 5.99. The molecule has 0 aromatic carbocycles. The minimum Gasteiger partial charge on any atom is -0.375 e. The lowest BCUT2D eigenvalue weighted by atomic mass is 9.86. The first-order valence-electron chi connectivity index (χ1n) is 7.00. The summed E-state index contributed by atoms with van der Waals surface area (Å²) in [5, 5.41) is 3.54. The van der Waals surface area contributed by atoms with Gasteiger partial charge in [0.25, 0.3) is 0 Å². The van der Waals surface area contributed by atoms with E-state index in [1.54, 1.807) is 0 Å². The summed E-state index contributed by atoms with van der Waals surface area (Å²) in [4.78, 5) is 4.42. The lowest BCUT2D eigenvalue weighted by Gasteiger charge is -2.40. The van der Waals surface area contributed by atoms with Crippen molar-refractivity contribution in [2.45, 2.75) is 58.1 Å². The molecule has 1 atom stereocenters. The van der Waals surface area contributed by atoms with Gasteiger partial charge in [-0.05, 0) is 44.2 Å². The first kappa shape index (κ1) is 13.3. The number of hydrogen-bond donors (Lipinski definition) is 1. The molecule has 2 heterocycles. The average molecular weight is 248 g/mol. The Morgan fingerprint density at radius 2 is 2.17 bits per heavy atom. The molecule has 3 heteroatoms. The normalized spacial score (nSPS) is 22.7. The van der Waals surface area contributed by atoms with Gasteiger partial charge in [0.05, 0.1) is 5.60 Å². The zero-order chi connectivity index (χ0) is 13.0. The second-order valence-electron chi connectivity index (χ2n) is 5.29. The molecule has 100 valence electrons. The molecule has 0 bridgehead atoms. The Bertz CT molecular complexity index is 371. The molecule has 1 aliphatic heterocycles. The summed E-state index contributed by atoms with van der Waals surface area (Å²) in [5.41, 5.74) is 1.27. The first-order valence-corrected chi connectivity index (χ1v) is 7.00. The average Bonchev–Trinajstić information content (AvgIpc) is 2.41. The summed E-state index contributed by atoms with van der Waals surface area (Å²) in [6.07, 6.45) is 6.23. The van der Waals surface area contributed by atoms with Gasteiger partial charge in [0.15, 0.2) is 0 Å². The molecule has 0 saturated carbocycles. The van der Waals surface area contributed by atoms with Crippen molar-refractivity contribution in [1.82, 2.24) is 4.98 Å². The van der Waals surface area contributed by atoms with Gasteiger partial charge in [-0.25, -0.2) is 4.98 Å². The molecule has 1 aromatic heterocycles. The molecule has 3 nitrogen and oxygen atoms in total. The molecule has 0 amide bonds. The Hall–Kier alpha value is -1.09. The zero-order valence-corrected chi connectivity index (χ0v) is 11.7. The third kappa shape index (κ3) is 3.02. The number of anilines is 1. The van der Waals surface area contributed by atoms with Crippen molar-refractivity contribution in [3.63, 3.8) is 0 Å². The molecule has 1 unspecified atom stereocenters. The highest BCUT2D eigenvalue weighted by Gasteiger charge is 2.34. The number of pyridine rings is 1. The SMILES string of the molecule is CCC1(CC)CC(Nc2ccc(C)cn2)CCO1. The van der Waals surface area contributed by atoms with Gasteiger partial charge in [0.1, 0.15) is 5.82 Å². The van der Waals surface area contributed by atoms with Gasteiger partial charge in [-0.1, -0.05) is 19.9 Å². The molecule has 0 aliphatic carbocycles. The molecule has 0 spiro atoms. The fraction of sp³-hybridized carbons (Fsp3) is 0.667. The van der Waals surface area contributed by atoms with E-state index in [1.807, 2.05) is 6.20 Å². The van der Waals surface area contributed by atoms with Gasteiger partial charge in [0.2, 0.25) is 0 Å². The van der Waals surface area contributed by atoms with E-state index in [0.29, 0.717) is 6.04 Å². The van der Waals surface area contributed by atoms with E-state index in [-0.39, 0.29) is 5.60 Å². The number of rotatable bonds is 4. The third-order valence-electron chi connectivity index (χ3n) is 4.05. The van der Waals surface area contributed by atoms with E-state index in [9.17, 15) is 0 Å². The van der Waals surface area contributed by atoms with E-state index in [0.717, 1.165) is 38.1 Å². The van der Waals surface area contributed by atoms with Crippen LogP contribution in [0.3, 0.4) is 0 Å². The second-order valence-corrected chi connectivity index (χ2v) is 5.29. The smallest absolute Gasteiger partial charge is 0.126 e. The molecule has 18 heavy (non-hydrogen) atoms. The van der Waals surface area contributed by atoms with E-state index < -0.39 is 0 Å². The van der Waals surface area contributed by atoms with Gasteiger partial charge in [0, 0.05) is 18.8 Å². The van der Waals surface area contributed by atoms with Gasteiger partial charge < -0.3 is 10.1 Å². The maximum Gasteiger partial charge on any atom is 0.126 e.